The van der Waals surface area contributed by atoms with Crippen molar-refractivity contribution >= 4 is 22.9 Å². The molecule has 0 amide bonds. The van der Waals surface area contributed by atoms with Crippen LogP contribution in [0.15, 0.2) is 40.9 Å². The summed E-state index contributed by atoms with van der Waals surface area (Å²) in [5.41, 5.74) is 2.96. The molecule has 2 N–H and O–H groups in total. The predicted molar refractivity (Wildman–Crippen MR) is 84.5 cm³/mol. The number of para-hydroxylation sites is 2. The Bertz CT molecular complexity index is 801. The molecule has 6 heteroatoms. The SMILES string of the molecule is CCNc1ncc(C#N)cc1CNc1nc2ccccc2o1. The number of hydrogen-bond acceptors (Lipinski definition) is 6. The predicted octanol–water partition coefficient (Wildman–Crippen LogP) is 3.14. The largest absolute Gasteiger partial charge is 0.424 e. The second-order valence-electron chi connectivity index (χ2n) is 4.71. The summed E-state index contributed by atoms with van der Waals surface area (Å²) < 4.78 is 5.62. The van der Waals surface area contributed by atoms with E-state index in [0.717, 1.165) is 29.0 Å². The number of nitriles is 1. The molecule has 1 aromatic carbocycles. The van der Waals surface area contributed by atoms with Crippen molar-refractivity contribution in [2.24, 2.45) is 0 Å². The van der Waals surface area contributed by atoms with Crippen LogP contribution in [0.5, 0.6) is 0 Å². The first-order valence-electron chi connectivity index (χ1n) is 7.02. The van der Waals surface area contributed by atoms with Gasteiger partial charge in [0.1, 0.15) is 17.4 Å². The van der Waals surface area contributed by atoms with E-state index in [-0.39, 0.29) is 0 Å². The van der Waals surface area contributed by atoms with Crippen molar-refractivity contribution in [2.75, 3.05) is 17.2 Å². The molecule has 0 atom stereocenters. The van der Waals surface area contributed by atoms with Crippen molar-refractivity contribution in [3.8, 4) is 6.07 Å². The number of rotatable bonds is 5. The lowest BCUT2D eigenvalue weighted by Crippen LogP contribution is -2.08. The number of nitrogens with zero attached hydrogens (tertiary/aromatic N) is 3. The van der Waals surface area contributed by atoms with Gasteiger partial charge < -0.3 is 15.1 Å². The van der Waals surface area contributed by atoms with Crippen LogP contribution in [0.2, 0.25) is 0 Å². The number of benzene rings is 1. The van der Waals surface area contributed by atoms with Gasteiger partial charge in [0.25, 0.3) is 6.01 Å². The zero-order valence-electron chi connectivity index (χ0n) is 12.1. The molecule has 6 nitrogen and oxygen atoms in total. The standard InChI is InChI=1S/C16H15N5O/c1-2-18-15-12(7-11(8-17)9-19-15)10-20-16-21-13-5-3-4-6-14(13)22-16/h3-7,9H,2,10H2,1H3,(H,18,19)(H,20,21). The van der Waals surface area contributed by atoms with E-state index in [1.807, 2.05) is 31.2 Å². The van der Waals surface area contributed by atoms with Crippen LogP contribution in [0.4, 0.5) is 11.8 Å². The van der Waals surface area contributed by atoms with Gasteiger partial charge in [-0.1, -0.05) is 12.1 Å². The second-order valence-corrected chi connectivity index (χ2v) is 4.71. The summed E-state index contributed by atoms with van der Waals surface area (Å²) in [6.45, 7) is 3.23. The fourth-order valence-electron chi connectivity index (χ4n) is 2.15. The van der Waals surface area contributed by atoms with Crippen molar-refractivity contribution in [1.82, 2.24) is 9.97 Å². The van der Waals surface area contributed by atoms with E-state index in [1.165, 1.54) is 0 Å². The Morgan fingerprint density at radius 3 is 2.91 bits per heavy atom. The lowest BCUT2D eigenvalue weighted by atomic mass is 10.2. The van der Waals surface area contributed by atoms with Crippen LogP contribution in [0.3, 0.4) is 0 Å². The smallest absolute Gasteiger partial charge is 0.295 e. The highest BCUT2D eigenvalue weighted by Gasteiger charge is 2.08. The highest BCUT2D eigenvalue weighted by atomic mass is 16.4. The summed E-state index contributed by atoms with van der Waals surface area (Å²) >= 11 is 0. The van der Waals surface area contributed by atoms with Crippen molar-refractivity contribution in [2.45, 2.75) is 13.5 Å². The van der Waals surface area contributed by atoms with E-state index in [9.17, 15) is 0 Å². The molecule has 3 rings (SSSR count). The van der Waals surface area contributed by atoms with E-state index >= 15 is 0 Å². The number of nitrogens with one attached hydrogen (secondary N) is 2. The lowest BCUT2D eigenvalue weighted by molar-refractivity contribution is 0.614. The molecular formula is C16H15N5O. The van der Waals surface area contributed by atoms with E-state index in [0.29, 0.717) is 18.1 Å². The van der Waals surface area contributed by atoms with Gasteiger partial charge in [-0.3, -0.25) is 0 Å². The summed E-state index contributed by atoms with van der Waals surface area (Å²) in [7, 11) is 0. The minimum absolute atomic E-state index is 0.450. The normalized spacial score (nSPS) is 10.4. The number of hydrogen-bond donors (Lipinski definition) is 2. The van der Waals surface area contributed by atoms with Crippen LogP contribution in [-0.4, -0.2) is 16.5 Å². The third-order valence-corrected chi connectivity index (χ3v) is 3.16. The Hall–Kier alpha value is -3.07. The molecule has 0 aliphatic rings. The fraction of sp³-hybridized carbons (Fsp3) is 0.188. The molecule has 2 heterocycles. The second kappa shape index (κ2) is 6.14. The maximum absolute atomic E-state index is 9.00. The van der Waals surface area contributed by atoms with Gasteiger partial charge in [-0.15, -0.1) is 0 Å². The summed E-state index contributed by atoms with van der Waals surface area (Å²) in [6, 6.07) is 11.9. The topological polar surface area (TPSA) is 86.8 Å². The molecule has 110 valence electrons. The van der Waals surface area contributed by atoms with Crippen LogP contribution in [0.1, 0.15) is 18.1 Å². The summed E-state index contributed by atoms with van der Waals surface area (Å²) in [4.78, 5) is 8.63. The third kappa shape index (κ3) is 2.83. The van der Waals surface area contributed by atoms with E-state index < -0.39 is 0 Å². The molecule has 0 saturated carbocycles. The van der Waals surface area contributed by atoms with Gasteiger partial charge in [-0.25, -0.2) is 4.98 Å². The summed E-state index contributed by atoms with van der Waals surface area (Å²) in [6.07, 6.45) is 1.56. The summed E-state index contributed by atoms with van der Waals surface area (Å²) in [5.74, 6) is 0.755. The van der Waals surface area contributed by atoms with E-state index in [1.54, 1.807) is 12.3 Å². The minimum atomic E-state index is 0.450. The first kappa shape index (κ1) is 13.9. The number of fused-ring (bicyclic) bond motifs is 1. The Morgan fingerprint density at radius 1 is 1.27 bits per heavy atom. The van der Waals surface area contributed by atoms with Crippen molar-refractivity contribution in [3.05, 3.63) is 47.7 Å². The van der Waals surface area contributed by atoms with Gasteiger partial charge in [-0.2, -0.15) is 10.2 Å². The Labute approximate surface area is 127 Å². The van der Waals surface area contributed by atoms with Gasteiger partial charge in [0.15, 0.2) is 5.58 Å². The Balaban J connectivity index is 1.81. The molecule has 0 bridgehead atoms. The van der Waals surface area contributed by atoms with Crippen LogP contribution in [-0.2, 0) is 6.54 Å². The van der Waals surface area contributed by atoms with Crippen LogP contribution >= 0.6 is 0 Å². The molecule has 0 aliphatic carbocycles. The molecule has 0 aliphatic heterocycles. The highest BCUT2D eigenvalue weighted by Crippen LogP contribution is 2.20. The maximum Gasteiger partial charge on any atom is 0.295 e. The van der Waals surface area contributed by atoms with Crippen molar-refractivity contribution in [1.29, 1.82) is 5.26 Å². The number of aromatic nitrogens is 2. The third-order valence-electron chi connectivity index (χ3n) is 3.16. The molecule has 0 fully saturated rings. The maximum atomic E-state index is 9.00. The molecular weight excluding hydrogens is 278 g/mol. The first-order chi connectivity index (χ1) is 10.8. The Kier molecular flexibility index (Phi) is 3.88. The van der Waals surface area contributed by atoms with Crippen molar-refractivity contribution < 1.29 is 4.42 Å². The van der Waals surface area contributed by atoms with Crippen molar-refractivity contribution in [3.63, 3.8) is 0 Å². The molecule has 0 unspecified atom stereocenters. The number of anilines is 2. The zero-order valence-corrected chi connectivity index (χ0v) is 12.1. The van der Waals surface area contributed by atoms with Gasteiger partial charge in [0.05, 0.1) is 5.56 Å². The quantitative estimate of drug-likeness (QED) is 0.751. The minimum Gasteiger partial charge on any atom is -0.424 e. The molecule has 0 saturated heterocycles. The number of oxazole rings is 1. The molecule has 0 radical (unpaired) electrons. The zero-order chi connectivity index (χ0) is 15.4. The van der Waals surface area contributed by atoms with Gasteiger partial charge >= 0.3 is 0 Å². The molecule has 3 aromatic rings. The van der Waals surface area contributed by atoms with Crippen LogP contribution < -0.4 is 10.6 Å². The lowest BCUT2D eigenvalue weighted by Gasteiger charge is -2.10. The van der Waals surface area contributed by atoms with Gasteiger partial charge in [-0.05, 0) is 25.1 Å². The van der Waals surface area contributed by atoms with Gasteiger partial charge in [0.2, 0.25) is 0 Å². The van der Waals surface area contributed by atoms with Crippen LogP contribution in [0.25, 0.3) is 11.1 Å². The van der Waals surface area contributed by atoms with Gasteiger partial charge in [0, 0.05) is 24.8 Å². The highest BCUT2D eigenvalue weighted by molar-refractivity contribution is 5.74. The van der Waals surface area contributed by atoms with E-state index in [2.05, 4.69) is 26.7 Å². The van der Waals surface area contributed by atoms with E-state index in [4.69, 9.17) is 9.68 Å². The Morgan fingerprint density at radius 2 is 2.14 bits per heavy atom. The van der Waals surface area contributed by atoms with Crippen LogP contribution in [0, 0.1) is 11.3 Å². The average molecular weight is 293 g/mol. The number of pyridine rings is 1. The monoisotopic (exact) mass is 293 g/mol. The molecule has 2 aromatic heterocycles. The summed E-state index contributed by atoms with van der Waals surface area (Å²) in [5, 5.41) is 15.3. The molecule has 22 heavy (non-hydrogen) atoms. The molecule has 0 spiro atoms. The fourth-order valence-corrected chi connectivity index (χ4v) is 2.15. The average Bonchev–Trinajstić information content (AvgIpc) is 2.97. The first-order valence-corrected chi connectivity index (χ1v) is 7.02.